The zero-order valence-corrected chi connectivity index (χ0v) is 22.1. The number of hydrogen-bond acceptors (Lipinski definition) is 4. The van der Waals surface area contributed by atoms with Gasteiger partial charge in [-0.05, 0) is 130 Å². The summed E-state index contributed by atoms with van der Waals surface area (Å²) in [5, 5.41) is 24.3. The fourth-order valence-electron chi connectivity index (χ4n) is 9.47. The number of nitrogens with zero attached hydrogens (tertiary/aromatic N) is 1. The molecule has 5 rings (SSSR count). The van der Waals surface area contributed by atoms with E-state index in [4.69, 9.17) is 4.74 Å². The molecule has 0 saturated heterocycles. The van der Waals surface area contributed by atoms with Crippen molar-refractivity contribution in [3.63, 3.8) is 0 Å². The molecule has 4 aliphatic rings. The number of nitrogens with one attached hydrogen (secondary N) is 1. The lowest BCUT2D eigenvalue weighted by molar-refractivity contribution is -0.128. The maximum atomic E-state index is 11.2. The van der Waals surface area contributed by atoms with Gasteiger partial charge in [-0.1, -0.05) is 19.9 Å². The third kappa shape index (κ3) is 4.64. The molecule has 4 aliphatic carbocycles. The van der Waals surface area contributed by atoms with Gasteiger partial charge in [0.05, 0.1) is 23.8 Å². The fourth-order valence-corrected chi connectivity index (χ4v) is 9.47. The molecule has 1 aromatic carbocycles. The molecule has 0 amide bonds. The predicted molar refractivity (Wildman–Crippen MR) is 141 cm³/mol. The van der Waals surface area contributed by atoms with Crippen LogP contribution in [-0.2, 0) is 4.74 Å². The Balaban J connectivity index is 1.28. The molecule has 0 bridgehead atoms. The van der Waals surface area contributed by atoms with Crippen LogP contribution in [0.1, 0.15) is 90.5 Å². The Bertz CT molecular complexity index is 927. The lowest BCUT2D eigenvalue weighted by Crippen LogP contribution is -2.52. The lowest BCUT2D eigenvalue weighted by atomic mass is 9.48. The molecule has 0 heterocycles. The van der Waals surface area contributed by atoms with Crippen LogP contribution in [0.25, 0.3) is 0 Å². The van der Waals surface area contributed by atoms with Crippen molar-refractivity contribution in [3.05, 3.63) is 29.8 Å². The van der Waals surface area contributed by atoms with Crippen molar-refractivity contribution in [1.82, 2.24) is 0 Å². The summed E-state index contributed by atoms with van der Waals surface area (Å²) in [6.07, 6.45) is 12.3. The van der Waals surface area contributed by atoms with Gasteiger partial charge in [0.2, 0.25) is 0 Å². The highest BCUT2D eigenvalue weighted by Crippen LogP contribution is 2.65. The third-order valence-electron chi connectivity index (χ3n) is 11.0. The van der Waals surface area contributed by atoms with Crippen LogP contribution in [0.2, 0.25) is 0 Å². The number of fused-ring (bicyclic) bond motifs is 5. The second-order valence-corrected chi connectivity index (χ2v) is 12.6. The maximum absolute atomic E-state index is 11.2. The van der Waals surface area contributed by atoms with E-state index in [0.717, 1.165) is 54.2 Å². The van der Waals surface area contributed by atoms with Crippen molar-refractivity contribution in [2.45, 2.75) is 96.6 Å². The van der Waals surface area contributed by atoms with E-state index in [9.17, 15) is 10.4 Å². The van der Waals surface area contributed by atoms with Crippen molar-refractivity contribution in [1.29, 1.82) is 5.26 Å². The standard InChI is InChI=1S/C31H46N2O2/c1-4-29(33-23-8-6-7-21(17-23)19-32)28-12-11-27-26-10-9-22-18-31(34,20-35-5-2)16-14-24(22)25(26)13-15-30(27,28)3/h6-8,17,22,24-29,33-34H,4-5,9-16,18,20H2,1-3H3/t22-,24+,25-,26-,27+,28-,29?,30+,31-/m1/s1. The number of benzene rings is 1. The molecule has 2 N–H and O–H groups in total. The van der Waals surface area contributed by atoms with Gasteiger partial charge in [0.1, 0.15) is 0 Å². The van der Waals surface area contributed by atoms with Crippen LogP contribution in [0, 0.1) is 52.3 Å². The van der Waals surface area contributed by atoms with E-state index in [2.05, 4.69) is 31.3 Å². The number of aliphatic hydroxyl groups is 1. The monoisotopic (exact) mass is 478 g/mol. The first-order valence-corrected chi connectivity index (χ1v) is 14.5. The largest absolute Gasteiger partial charge is 0.387 e. The normalized spacial score (nSPS) is 41.2. The Morgan fingerprint density at radius 3 is 2.69 bits per heavy atom. The first-order chi connectivity index (χ1) is 16.9. The van der Waals surface area contributed by atoms with E-state index in [1.54, 1.807) is 0 Å². The molecule has 1 unspecified atom stereocenters. The summed E-state index contributed by atoms with van der Waals surface area (Å²) in [4.78, 5) is 0. The predicted octanol–water partition coefficient (Wildman–Crippen LogP) is 6.79. The van der Waals surface area contributed by atoms with E-state index < -0.39 is 5.60 Å². The average molecular weight is 479 g/mol. The Morgan fingerprint density at radius 1 is 1.09 bits per heavy atom. The van der Waals surface area contributed by atoms with E-state index in [1.807, 2.05) is 25.1 Å². The molecule has 0 spiro atoms. The van der Waals surface area contributed by atoms with Gasteiger partial charge in [-0.15, -0.1) is 0 Å². The summed E-state index contributed by atoms with van der Waals surface area (Å²) in [6, 6.07) is 10.8. The number of anilines is 1. The number of ether oxygens (including phenoxy) is 1. The smallest absolute Gasteiger partial charge is 0.0992 e. The average Bonchev–Trinajstić information content (AvgIpc) is 3.23. The molecule has 0 radical (unpaired) electrons. The summed E-state index contributed by atoms with van der Waals surface area (Å²) in [5.74, 6) is 4.78. The van der Waals surface area contributed by atoms with Crippen LogP contribution >= 0.6 is 0 Å². The summed E-state index contributed by atoms with van der Waals surface area (Å²) in [7, 11) is 0. The van der Waals surface area contributed by atoms with Gasteiger partial charge in [0.15, 0.2) is 0 Å². The topological polar surface area (TPSA) is 65.3 Å². The molecular formula is C31H46N2O2. The molecule has 4 heteroatoms. The van der Waals surface area contributed by atoms with Gasteiger partial charge in [-0.2, -0.15) is 5.26 Å². The highest BCUT2D eigenvalue weighted by Gasteiger charge is 2.58. The quantitative estimate of drug-likeness (QED) is 0.453. The molecule has 9 atom stereocenters. The second kappa shape index (κ2) is 10.1. The van der Waals surface area contributed by atoms with Crippen LogP contribution in [0.5, 0.6) is 0 Å². The summed E-state index contributed by atoms with van der Waals surface area (Å²) >= 11 is 0. The molecule has 4 nitrogen and oxygen atoms in total. The first kappa shape index (κ1) is 25.1. The van der Waals surface area contributed by atoms with Gasteiger partial charge in [0.25, 0.3) is 0 Å². The van der Waals surface area contributed by atoms with E-state index in [1.165, 1.54) is 44.9 Å². The highest BCUT2D eigenvalue weighted by atomic mass is 16.5. The van der Waals surface area contributed by atoms with E-state index in [-0.39, 0.29) is 0 Å². The highest BCUT2D eigenvalue weighted by molar-refractivity contribution is 5.50. The van der Waals surface area contributed by atoms with Gasteiger partial charge in [0, 0.05) is 18.3 Å². The van der Waals surface area contributed by atoms with Crippen LogP contribution in [0.4, 0.5) is 5.69 Å². The zero-order valence-electron chi connectivity index (χ0n) is 22.1. The van der Waals surface area contributed by atoms with Crippen molar-refractivity contribution >= 4 is 5.69 Å². The van der Waals surface area contributed by atoms with Crippen molar-refractivity contribution in [2.75, 3.05) is 18.5 Å². The van der Waals surface area contributed by atoms with Crippen LogP contribution in [0.3, 0.4) is 0 Å². The minimum Gasteiger partial charge on any atom is -0.387 e. The van der Waals surface area contributed by atoms with Crippen molar-refractivity contribution < 1.29 is 9.84 Å². The molecule has 4 fully saturated rings. The molecular weight excluding hydrogens is 432 g/mol. The molecule has 1 aromatic rings. The zero-order chi connectivity index (χ0) is 24.6. The molecule has 35 heavy (non-hydrogen) atoms. The first-order valence-electron chi connectivity index (χ1n) is 14.5. The SMILES string of the molecule is CCOC[C@@]1(O)CC[C@H]2[C@H](CC[C@@H]3[C@@H]2CC[C@]2(C)[C@@H](C(CC)Nc4cccc(C#N)c4)CC[C@@H]32)C1. The minimum atomic E-state index is -0.589. The summed E-state index contributed by atoms with van der Waals surface area (Å²) < 4.78 is 5.66. The Kier molecular flexibility index (Phi) is 7.21. The minimum absolute atomic E-state index is 0.416. The Hall–Kier alpha value is -1.57. The van der Waals surface area contributed by atoms with Gasteiger partial charge in [-0.25, -0.2) is 0 Å². The van der Waals surface area contributed by atoms with Gasteiger partial charge >= 0.3 is 0 Å². The van der Waals surface area contributed by atoms with Crippen molar-refractivity contribution in [3.8, 4) is 6.07 Å². The summed E-state index contributed by atoms with van der Waals surface area (Å²) in [6.45, 7) is 8.18. The maximum Gasteiger partial charge on any atom is 0.0992 e. The van der Waals surface area contributed by atoms with Crippen molar-refractivity contribution in [2.24, 2.45) is 40.9 Å². The van der Waals surface area contributed by atoms with Crippen LogP contribution in [-0.4, -0.2) is 30.0 Å². The third-order valence-corrected chi connectivity index (χ3v) is 11.0. The van der Waals surface area contributed by atoms with E-state index in [0.29, 0.717) is 36.5 Å². The Morgan fingerprint density at radius 2 is 1.91 bits per heavy atom. The lowest BCUT2D eigenvalue weighted by Gasteiger charge is -2.57. The summed E-state index contributed by atoms with van der Waals surface area (Å²) in [5.41, 5.74) is 1.66. The van der Waals surface area contributed by atoms with Crippen LogP contribution in [0.15, 0.2) is 24.3 Å². The van der Waals surface area contributed by atoms with Gasteiger partial charge < -0.3 is 15.2 Å². The van der Waals surface area contributed by atoms with Gasteiger partial charge in [-0.3, -0.25) is 0 Å². The molecule has 4 saturated carbocycles. The molecule has 192 valence electrons. The molecule has 0 aromatic heterocycles. The fraction of sp³-hybridized carbons (Fsp3) is 0.774. The Labute approximate surface area is 212 Å². The van der Waals surface area contributed by atoms with E-state index >= 15 is 0 Å². The second-order valence-electron chi connectivity index (χ2n) is 12.6. The number of hydrogen-bond donors (Lipinski definition) is 2. The van der Waals surface area contributed by atoms with Crippen LogP contribution < -0.4 is 5.32 Å². The molecule has 0 aliphatic heterocycles. The number of nitriles is 1. The number of rotatable bonds is 7.